The van der Waals surface area contributed by atoms with Gasteiger partial charge in [-0.3, -0.25) is 19.4 Å². The van der Waals surface area contributed by atoms with Gasteiger partial charge in [0.15, 0.2) is 0 Å². The van der Waals surface area contributed by atoms with Crippen LogP contribution in [0.25, 0.3) is 21.3 Å². The summed E-state index contributed by atoms with van der Waals surface area (Å²) in [6.45, 7) is 6.59. The zero-order valence-corrected chi connectivity index (χ0v) is 28.1. The van der Waals surface area contributed by atoms with Crippen molar-refractivity contribution in [1.29, 1.82) is 0 Å². The Morgan fingerprint density at radius 3 is 2.59 bits per heavy atom. The third-order valence-corrected chi connectivity index (χ3v) is 10.8. The Kier molecular flexibility index (Phi) is 8.62. The summed E-state index contributed by atoms with van der Waals surface area (Å²) >= 11 is 1.26. The standard InChI is InChI=1S/C37H38N6O5S/c1-23-19-25(24-7-3-2-4-8-24)11-12-27(23)43-28-13-14-38-36-32(28)33(40-37(43)46)34(49-36)35(45)39-26-9-5-16-42(20-26)31(44)10-6-15-41-21-29-30(22-41)48-18-17-47-29/h2-4,6-8,10-14,19,26,29-30H,5,9,15-18,20-22H2,1H3,(H,39,45)(H,40,46)/b10-6+/t26-,29-,30+/m1/s1. The zero-order chi connectivity index (χ0) is 33.5. The number of hydrogen-bond acceptors (Lipinski definition) is 8. The summed E-state index contributed by atoms with van der Waals surface area (Å²) in [5, 5.41) is 6.89. The number of benzene rings is 2. The molecule has 12 heteroatoms. The van der Waals surface area contributed by atoms with E-state index in [0.717, 1.165) is 53.7 Å². The number of nitrogens with zero attached hydrogens (tertiary/aromatic N) is 4. The van der Waals surface area contributed by atoms with Gasteiger partial charge in [0.25, 0.3) is 5.91 Å². The van der Waals surface area contributed by atoms with Gasteiger partial charge >= 0.3 is 6.03 Å². The number of carbonyl (C=O) groups excluding carboxylic acids is 3. The molecule has 4 amide bonds. The first kappa shape index (κ1) is 31.6. The molecule has 0 saturated carbocycles. The molecule has 0 unspecified atom stereocenters. The lowest BCUT2D eigenvalue weighted by Crippen LogP contribution is -2.49. The first-order chi connectivity index (χ1) is 23.9. The molecule has 252 valence electrons. The van der Waals surface area contributed by atoms with Crippen LogP contribution in [0.4, 0.5) is 21.9 Å². The topological polar surface area (TPSA) is 116 Å². The van der Waals surface area contributed by atoms with Gasteiger partial charge < -0.3 is 25.0 Å². The zero-order valence-electron chi connectivity index (χ0n) is 27.3. The van der Waals surface area contributed by atoms with E-state index in [1.54, 1.807) is 22.1 Å². The molecule has 0 spiro atoms. The lowest BCUT2D eigenvalue weighted by atomic mass is 10.0. The molecule has 0 radical (unpaired) electrons. The van der Waals surface area contributed by atoms with Crippen molar-refractivity contribution >= 4 is 56.5 Å². The van der Waals surface area contributed by atoms with Crippen molar-refractivity contribution in [2.75, 3.05) is 56.2 Å². The van der Waals surface area contributed by atoms with Crippen molar-refractivity contribution in [2.45, 2.75) is 38.0 Å². The molecule has 4 aromatic rings. The number of fused-ring (bicyclic) bond motifs is 1. The SMILES string of the molecule is Cc1cc(-c2ccccc2)ccc1N1C(=O)Nc2c(C(=O)N[C@@H]3CCCN(C(=O)/C=C/CN4C[C@@H]5OCCO[C@@H]5C4)C3)sc3nccc1c23. The van der Waals surface area contributed by atoms with Gasteiger partial charge in [-0.2, -0.15) is 0 Å². The van der Waals surface area contributed by atoms with Crippen molar-refractivity contribution in [3.05, 3.63) is 83.4 Å². The van der Waals surface area contributed by atoms with Gasteiger partial charge in [-0.25, -0.2) is 9.78 Å². The molecule has 0 aliphatic carbocycles. The van der Waals surface area contributed by atoms with Crippen LogP contribution in [-0.2, 0) is 14.3 Å². The highest BCUT2D eigenvalue weighted by molar-refractivity contribution is 7.21. The summed E-state index contributed by atoms with van der Waals surface area (Å²) in [4.78, 5) is 51.9. The average molecular weight is 679 g/mol. The van der Waals surface area contributed by atoms with Crippen molar-refractivity contribution in [1.82, 2.24) is 20.1 Å². The Morgan fingerprint density at radius 1 is 1.02 bits per heavy atom. The number of ether oxygens (including phenoxy) is 2. The van der Waals surface area contributed by atoms with Crippen LogP contribution in [0.3, 0.4) is 0 Å². The smallest absolute Gasteiger partial charge is 0.331 e. The lowest BCUT2D eigenvalue weighted by molar-refractivity contribution is -0.127. The lowest BCUT2D eigenvalue weighted by Gasteiger charge is -2.33. The van der Waals surface area contributed by atoms with Crippen molar-refractivity contribution in [2.24, 2.45) is 0 Å². The van der Waals surface area contributed by atoms with Crippen LogP contribution in [0, 0.1) is 6.92 Å². The summed E-state index contributed by atoms with van der Waals surface area (Å²) in [6, 6.07) is 17.5. The third-order valence-electron chi connectivity index (χ3n) is 9.73. The number of rotatable bonds is 7. The van der Waals surface area contributed by atoms with E-state index in [0.29, 0.717) is 53.9 Å². The van der Waals surface area contributed by atoms with Crippen LogP contribution in [-0.4, -0.2) is 96.8 Å². The second kappa shape index (κ2) is 13.4. The van der Waals surface area contributed by atoms with Gasteiger partial charge in [0, 0.05) is 51.0 Å². The maximum absolute atomic E-state index is 13.7. The number of anilines is 3. The van der Waals surface area contributed by atoms with Crippen LogP contribution in [0.1, 0.15) is 28.1 Å². The minimum absolute atomic E-state index is 0.0618. The number of nitrogens with one attached hydrogen (secondary N) is 2. The van der Waals surface area contributed by atoms with Crippen molar-refractivity contribution in [3.8, 4) is 11.1 Å². The molecule has 8 rings (SSSR count). The average Bonchev–Trinajstić information content (AvgIpc) is 3.71. The minimum atomic E-state index is -0.336. The second-order valence-electron chi connectivity index (χ2n) is 13.0. The summed E-state index contributed by atoms with van der Waals surface area (Å²) < 4.78 is 11.6. The van der Waals surface area contributed by atoms with E-state index in [1.807, 2.05) is 49.4 Å². The number of urea groups is 1. The number of pyridine rings is 1. The number of amides is 4. The fourth-order valence-corrected chi connectivity index (χ4v) is 8.36. The molecule has 4 aliphatic heterocycles. The molecule has 3 saturated heterocycles. The van der Waals surface area contributed by atoms with E-state index < -0.39 is 0 Å². The first-order valence-electron chi connectivity index (χ1n) is 16.8. The number of aryl methyl sites for hydroxylation is 1. The number of hydrogen-bond donors (Lipinski definition) is 2. The predicted octanol–water partition coefficient (Wildman–Crippen LogP) is 5.33. The molecule has 2 aromatic heterocycles. The van der Waals surface area contributed by atoms with E-state index in [-0.39, 0.29) is 36.1 Å². The quantitative estimate of drug-likeness (QED) is 0.254. The van der Waals surface area contributed by atoms with Crippen LogP contribution in [0.2, 0.25) is 0 Å². The summed E-state index contributed by atoms with van der Waals surface area (Å²) in [6.07, 6.45) is 6.98. The number of aromatic nitrogens is 1. The number of likely N-dealkylation sites (tertiary alicyclic amines) is 2. The molecule has 2 N–H and O–H groups in total. The Morgan fingerprint density at radius 2 is 1.82 bits per heavy atom. The fourth-order valence-electron chi connectivity index (χ4n) is 7.34. The van der Waals surface area contributed by atoms with E-state index in [1.165, 1.54) is 11.3 Å². The Hall–Kier alpha value is -4.62. The van der Waals surface area contributed by atoms with Crippen LogP contribution in [0.5, 0.6) is 0 Å². The normalized spacial score (nSPS) is 22.4. The highest BCUT2D eigenvalue weighted by Gasteiger charge is 2.37. The molecular weight excluding hydrogens is 641 g/mol. The molecule has 2 aromatic carbocycles. The van der Waals surface area contributed by atoms with E-state index >= 15 is 0 Å². The molecule has 49 heavy (non-hydrogen) atoms. The Labute approximate surface area is 288 Å². The molecule has 6 heterocycles. The second-order valence-corrected chi connectivity index (χ2v) is 14.0. The Balaban J connectivity index is 0.953. The maximum atomic E-state index is 13.7. The van der Waals surface area contributed by atoms with E-state index in [9.17, 15) is 14.4 Å². The summed E-state index contributed by atoms with van der Waals surface area (Å²) in [7, 11) is 0. The molecule has 3 fully saturated rings. The van der Waals surface area contributed by atoms with Gasteiger partial charge in [0.05, 0.1) is 47.9 Å². The largest absolute Gasteiger partial charge is 0.372 e. The van der Waals surface area contributed by atoms with Gasteiger partial charge in [-0.05, 0) is 54.7 Å². The number of piperidine rings is 1. The minimum Gasteiger partial charge on any atom is -0.372 e. The van der Waals surface area contributed by atoms with Gasteiger partial charge in [0.1, 0.15) is 9.71 Å². The van der Waals surface area contributed by atoms with Crippen LogP contribution >= 0.6 is 11.3 Å². The molecule has 11 nitrogen and oxygen atoms in total. The monoisotopic (exact) mass is 678 g/mol. The third kappa shape index (κ3) is 6.21. The first-order valence-corrected chi connectivity index (χ1v) is 17.6. The summed E-state index contributed by atoms with van der Waals surface area (Å²) in [5.41, 5.74) is 5.04. The predicted molar refractivity (Wildman–Crippen MR) is 190 cm³/mol. The summed E-state index contributed by atoms with van der Waals surface area (Å²) in [5.74, 6) is -0.343. The van der Waals surface area contributed by atoms with Crippen molar-refractivity contribution < 1.29 is 23.9 Å². The van der Waals surface area contributed by atoms with Gasteiger partial charge in [0.2, 0.25) is 5.91 Å². The fraction of sp³-hybridized carbons (Fsp3) is 0.351. The molecular formula is C37H38N6O5S. The van der Waals surface area contributed by atoms with E-state index in [2.05, 4.69) is 38.7 Å². The van der Waals surface area contributed by atoms with Crippen LogP contribution < -0.4 is 15.5 Å². The molecule has 3 atom stereocenters. The van der Waals surface area contributed by atoms with Gasteiger partial charge in [-0.15, -0.1) is 11.3 Å². The van der Waals surface area contributed by atoms with Crippen molar-refractivity contribution in [3.63, 3.8) is 0 Å². The Bertz CT molecular complexity index is 1930. The highest BCUT2D eigenvalue weighted by atomic mass is 32.1. The molecule has 4 aliphatic rings. The van der Waals surface area contributed by atoms with Gasteiger partial charge in [-0.1, -0.05) is 42.5 Å². The van der Waals surface area contributed by atoms with Crippen LogP contribution in [0.15, 0.2) is 72.9 Å². The van der Waals surface area contributed by atoms with E-state index in [4.69, 9.17) is 9.47 Å². The molecule has 0 bridgehead atoms. The number of carbonyl (C=O) groups is 3. The maximum Gasteiger partial charge on any atom is 0.331 e. The highest BCUT2D eigenvalue weighted by Crippen LogP contribution is 2.46. The number of thiophene rings is 1.